The molecular weight excluding hydrogens is 642 g/mol. The summed E-state index contributed by atoms with van der Waals surface area (Å²) in [5.74, 6) is 0.256. The number of nitrogens with zero attached hydrogens (tertiary/aromatic N) is 2. The van der Waals surface area contributed by atoms with Gasteiger partial charge in [-0.3, -0.25) is 14.2 Å². The quantitative estimate of drug-likeness (QED) is 0.213. The third-order valence-electron chi connectivity index (χ3n) is 7.77. The summed E-state index contributed by atoms with van der Waals surface area (Å²) in [6.07, 6.45) is 1.61. The fourth-order valence-electron chi connectivity index (χ4n) is 5.41. The Hall–Kier alpha value is -5.39. The van der Waals surface area contributed by atoms with Crippen LogP contribution >= 0.6 is 22.9 Å². The molecule has 0 spiro atoms. The summed E-state index contributed by atoms with van der Waals surface area (Å²) in [6.45, 7) is 3.65. The first-order valence-corrected chi connectivity index (χ1v) is 15.5. The van der Waals surface area contributed by atoms with Crippen LogP contribution in [-0.4, -0.2) is 35.8 Å². The lowest BCUT2D eigenvalue weighted by Gasteiger charge is -2.26. The predicted molar refractivity (Wildman–Crippen MR) is 179 cm³/mol. The van der Waals surface area contributed by atoms with Gasteiger partial charge in [0.15, 0.2) is 16.3 Å². The summed E-state index contributed by atoms with van der Waals surface area (Å²) in [4.78, 5) is 44.6. The molecule has 47 heavy (non-hydrogen) atoms. The number of carbonyl (C=O) groups is 2. The lowest BCUT2D eigenvalue weighted by Crippen LogP contribution is -2.40. The highest BCUT2D eigenvalue weighted by Crippen LogP contribution is 2.36. The van der Waals surface area contributed by atoms with E-state index in [-0.39, 0.29) is 16.1 Å². The Kier molecular flexibility index (Phi) is 8.59. The van der Waals surface area contributed by atoms with E-state index in [0.717, 1.165) is 5.56 Å². The monoisotopic (exact) mass is 669 g/mol. The van der Waals surface area contributed by atoms with Crippen LogP contribution in [0.3, 0.4) is 0 Å². The average molecular weight is 670 g/mol. The Bertz CT molecular complexity index is 2280. The molecule has 1 aliphatic heterocycles. The van der Waals surface area contributed by atoms with Crippen LogP contribution in [0.4, 0.5) is 5.69 Å². The van der Waals surface area contributed by atoms with E-state index in [9.17, 15) is 19.5 Å². The number of benzene rings is 3. The number of hydrogen-bond acceptors (Lipinski definition) is 8. The highest BCUT2D eigenvalue weighted by Gasteiger charge is 2.33. The van der Waals surface area contributed by atoms with Crippen LogP contribution in [0, 0.1) is 6.92 Å². The molecule has 10 nitrogen and oxygen atoms in total. The van der Waals surface area contributed by atoms with Crippen LogP contribution in [0.25, 0.3) is 17.4 Å². The number of methoxy groups -OCH3 is 2. The van der Waals surface area contributed by atoms with Crippen molar-refractivity contribution >= 4 is 46.6 Å². The molecule has 238 valence electrons. The smallest absolute Gasteiger partial charge is 0.337 e. The summed E-state index contributed by atoms with van der Waals surface area (Å²) >= 11 is 7.33. The van der Waals surface area contributed by atoms with E-state index >= 15 is 0 Å². The van der Waals surface area contributed by atoms with Crippen molar-refractivity contribution in [1.82, 2.24) is 4.57 Å². The number of carboxylic acid groups (broad SMARTS) is 1. The Labute approximate surface area is 277 Å². The molecule has 0 bridgehead atoms. The molecule has 0 aliphatic carbocycles. The Morgan fingerprint density at radius 1 is 1.02 bits per heavy atom. The minimum atomic E-state index is -1.13. The Morgan fingerprint density at radius 2 is 1.79 bits per heavy atom. The summed E-state index contributed by atoms with van der Waals surface area (Å²) in [7, 11) is 3.05. The van der Waals surface area contributed by atoms with Gasteiger partial charge in [0.05, 0.1) is 46.7 Å². The molecule has 2 aromatic heterocycles. The van der Waals surface area contributed by atoms with E-state index in [1.54, 1.807) is 49.4 Å². The van der Waals surface area contributed by atoms with Gasteiger partial charge in [-0.1, -0.05) is 53.3 Å². The van der Waals surface area contributed by atoms with Crippen molar-refractivity contribution in [2.24, 2.45) is 4.99 Å². The van der Waals surface area contributed by atoms with Gasteiger partial charge < -0.3 is 24.3 Å². The van der Waals surface area contributed by atoms with Crippen molar-refractivity contribution in [3.63, 3.8) is 0 Å². The Balaban J connectivity index is 1.46. The number of carbonyl (C=O) groups excluding carboxylic acids is 1. The molecular formula is C35H28ClN3O7S. The summed E-state index contributed by atoms with van der Waals surface area (Å²) in [5, 5.41) is 12.4. The van der Waals surface area contributed by atoms with Crippen molar-refractivity contribution in [2.75, 3.05) is 19.5 Å². The largest absolute Gasteiger partial charge is 0.493 e. The number of allylic oxidation sites excluding steroid dienone is 1. The molecule has 0 saturated heterocycles. The first-order chi connectivity index (χ1) is 22.6. The number of para-hydroxylation sites is 1. The van der Waals surface area contributed by atoms with Gasteiger partial charge >= 0.3 is 5.97 Å². The molecule has 1 aliphatic rings. The van der Waals surface area contributed by atoms with Crippen LogP contribution in [0.2, 0.25) is 5.02 Å². The van der Waals surface area contributed by atoms with Gasteiger partial charge in [0.1, 0.15) is 11.5 Å². The number of furan rings is 1. The number of carboxylic acids is 1. The highest BCUT2D eigenvalue weighted by atomic mass is 35.5. The van der Waals surface area contributed by atoms with Crippen molar-refractivity contribution < 1.29 is 28.6 Å². The van der Waals surface area contributed by atoms with E-state index < -0.39 is 17.9 Å². The van der Waals surface area contributed by atoms with E-state index in [4.69, 9.17) is 30.5 Å². The number of aromatic nitrogens is 1. The summed E-state index contributed by atoms with van der Waals surface area (Å²) < 4.78 is 18.8. The molecule has 3 aromatic carbocycles. The number of thiazole rings is 1. The van der Waals surface area contributed by atoms with Crippen LogP contribution in [0.1, 0.15) is 40.2 Å². The SMILES string of the molecule is COc1ccc([C@@H]2C(C(=O)Nc3ccccc3C)=C(C)N=c3s/c(=C\c4ccc(-c5ccc(C(=O)O)c(Cl)c5)o4)c(=O)n32)cc1OC. The number of rotatable bonds is 8. The molecule has 1 amide bonds. The number of ether oxygens (including phenoxy) is 2. The van der Waals surface area contributed by atoms with Gasteiger partial charge in [0, 0.05) is 17.3 Å². The van der Waals surface area contributed by atoms with Gasteiger partial charge in [-0.05, 0) is 67.4 Å². The normalized spacial score (nSPS) is 14.4. The highest BCUT2D eigenvalue weighted by molar-refractivity contribution is 7.07. The maximum Gasteiger partial charge on any atom is 0.337 e. The molecule has 0 radical (unpaired) electrons. The second kappa shape index (κ2) is 12.8. The lowest BCUT2D eigenvalue weighted by molar-refractivity contribution is -0.113. The van der Waals surface area contributed by atoms with Gasteiger partial charge in [0.2, 0.25) is 0 Å². The summed E-state index contributed by atoms with van der Waals surface area (Å²) in [5.41, 5.74) is 3.12. The number of anilines is 1. The minimum absolute atomic E-state index is 0.0189. The third-order valence-corrected chi connectivity index (χ3v) is 9.06. The van der Waals surface area contributed by atoms with Crippen molar-refractivity contribution in [3.05, 3.63) is 131 Å². The van der Waals surface area contributed by atoms with Gasteiger partial charge in [-0.15, -0.1) is 0 Å². The number of amides is 1. The number of hydrogen-bond donors (Lipinski definition) is 2. The zero-order chi connectivity index (χ0) is 33.4. The molecule has 2 N–H and O–H groups in total. The molecule has 3 heterocycles. The minimum Gasteiger partial charge on any atom is -0.493 e. The first-order valence-electron chi connectivity index (χ1n) is 14.3. The Morgan fingerprint density at radius 3 is 2.49 bits per heavy atom. The standard InChI is InChI=1S/C35H28ClN3O7S/c1-18-7-5-6-8-25(18)38-32(40)30-19(2)37-35-39(31(30)21-10-13-27(44-3)28(16-21)45-4)33(41)29(47-35)17-22-11-14-26(46-22)20-9-12-23(34(42)43)24(36)15-20/h5-17,31H,1-4H3,(H,38,40)(H,42,43)/b29-17-/t31-/m1/s1. The first kappa shape index (κ1) is 31.6. The molecule has 6 rings (SSSR count). The van der Waals surface area contributed by atoms with E-state index in [2.05, 4.69) is 5.32 Å². The zero-order valence-electron chi connectivity index (χ0n) is 25.7. The van der Waals surface area contributed by atoms with E-state index in [1.807, 2.05) is 31.2 Å². The number of halogens is 1. The van der Waals surface area contributed by atoms with Crippen molar-refractivity contribution in [3.8, 4) is 22.8 Å². The van der Waals surface area contributed by atoms with Crippen LogP contribution in [0.15, 0.2) is 98.3 Å². The van der Waals surface area contributed by atoms with Gasteiger partial charge in [0.25, 0.3) is 11.5 Å². The third kappa shape index (κ3) is 5.98. The van der Waals surface area contributed by atoms with E-state index in [0.29, 0.717) is 60.4 Å². The fourth-order valence-corrected chi connectivity index (χ4v) is 6.70. The molecule has 1 atom stereocenters. The van der Waals surface area contributed by atoms with Crippen LogP contribution < -0.4 is 29.7 Å². The summed E-state index contributed by atoms with van der Waals surface area (Å²) in [6, 6.07) is 19.8. The second-order valence-electron chi connectivity index (χ2n) is 10.7. The number of fused-ring (bicyclic) bond motifs is 1. The fraction of sp³-hybridized carbons (Fsp3) is 0.143. The van der Waals surface area contributed by atoms with Crippen LogP contribution in [-0.2, 0) is 4.79 Å². The van der Waals surface area contributed by atoms with Crippen molar-refractivity contribution in [1.29, 1.82) is 0 Å². The average Bonchev–Trinajstić information content (AvgIpc) is 3.64. The van der Waals surface area contributed by atoms with Crippen LogP contribution in [0.5, 0.6) is 11.5 Å². The number of aryl methyl sites for hydroxylation is 1. The zero-order valence-corrected chi connectivity index (χ0v) is 27.2. The number of nitrogens with one attached hydrogen (secondary N) is 1. The van der Waals surface area contributed by atoms with Gasteiger partial charge in [-0.25, -0.2) is 9.79 Å². The van der Waals surface area contributed by atoms with Gasteiger partial charge in [-0.2, -0.15) is 0 Å². The second-order valence-corrected chi connectivity index (χ2v) is 12.1. The maximum absolute atomic E-state index is 14.1. The molecule has 0 saturated carbocycles. The maximum atomic E-state index is 14.1. The number of aromatic carboxylic acids is 1. The van der Waals surface area contributed by atoms with E-state index in [1.165, 1.54) is 42.3 Å². The van der Waals surface area contributed by atoms with Crippen molar-refractivity contribution in [2.45, 2.75) is 19.9 Å². The molecule has 0 unspecified atom stereocenters. The molecule has 0 fully saturated rings. The predicted octanol–water partition coefficient (Wildman–Crippen LogP) is 5.81. The molecule has 5 aromatic rings. The molecule has 12 heteroatoms. The topological polar surface area (TPSA) is 132 Å². The lowest BCUT2D eigenvalue weighted by atomic mass is 9.94.